The van der Waals surface area contributed by atoms with E-state index in [1.165, 1.54) is 76.5 Å². The van der Waals surface area contributed by atoms with Crippen molar-refractivity contribution >= 4 is 43.1 Å². The first kappa shape index (κ1) is 31.6. The van der Waals surface area contributed by atoms with Gasteiger partial charge in [-0.05, 0) is 107 Å². The van der Waals surface area contributed by atoms with Gasteiger partial charge < -0.3 is 0 Å². The number of aromatic nitrogens is 2. The summed E-state index contributed by atoms with van der Waals surface area (Å²) in [4.78, 5) is 10.4. The van der Waals surface area contributed by atoms with Crippen molar-refractivity contribution < 1.29 is 0 Å². The van der Waals surface area contributed by atoms with Crippen LogP contribution in [0.2, 0.25) is 0 Å². The van der Waals surface area contributed by atoms with Crippen LogP contribution in [0.25, 0.3) is 99.2 Å². The molecule has 0 atom stereocenters. The molecule has 55 heavy (non-hydrogen) atoms. The van der Waals surface area contributed by atoms with Crippen molar-refractivity contribution in [2.24, 2.45) is 0 Å². The van der Waals surface area contributed by atoms with Crippen molar-refractivity contribution in [1.29, 1.82) is 0 Å². The Morgan fingerprint density at radius 3 is 1.75 bits per heavy atom. The van der Waals surface area contributed by atoms with E-state index in [0.29, 0.717) is 5.82 Å². The fourth-order valence-electron chi connectivity index (χ4n) is 9.01. The summed E-state index contributed by atoms with van der Waals surface area (Å²) in [5.74, 6) is 0.715. The van der Waals surface area contributed by atoms with E-state index >= 15 is 0 Å². The zero-order valence-electron chi connectivity index (χ0n) is 30.7. The van der Waals surface area contributed by atoms with Gasteiger partial charge in [0.25, 0.3) is 0 Å². The van der Waals surface area contributed by atoms with Crippen LogP contribution in [0.4, 0.5) is 0 Å². The van der Waals surface area contributed by atoms with Gasteiger partial charge in [-0.2, -0.15) is 0 Å². The average molecular weight is 701 g/mol. The normalized spacial score (nSPS) is 13.1. The molecule has 0 N–H and O–H groups in total. The second-order valence-corrected chi connectivity index (χ2v) is 15.4. The molecule has 258 valence electrons. The Bertz CT molecular complexity index is 3170. The lowest BCUT2D eigenvalue weighted by atomic mass is 9.81. The van der Waals surface area contributed by atoms with Gasteiger partial charge in [-0.3, -0.25) is 0 Å². The molecule has 0 saturated heterocycles. The number of fused-ring (bicyclic) bond motifs is 9. The summed E-state index contributed by atoms with van der Waals surface area (Å²) in [6, 6.07) is 66.0. The third-order valence-electron chi connectivity index (χ3n) is 11.8. The van der Waals surface area contributed by atoms with Crippen LogP contribution >= 0.6 is 0 Å². The quantitative estimate of drug-likeness (QED) is 0.171. The average Bonchev–Trinajstić information content (AvgIpc) is 3.47. The van der Waals surface area contributed by atoms with E-state index in [2.05, 4.69) is 190 Å². The highest BCUT2D eigenvalue weighted by Crippen LogP contribution is 2.53. The highest BCUT2D eigenvalue weighted by molar-refractivity contribution is 6.17. The van der Waals surface area contributed by atoms with E-state index in [9.17, 15) is 0 Å². The third kappa shape index (κ3) is 5.02. The Morgan fingerprint density at radius 2 is 0.945 bits per heavy atom. The summed E-state index contributed by atoms with van der Waals surface area (Å²) in [5, 5.41) is 10.1. The van der Waals surface area contributed by atoms with Crippen LogP contribution in [0.1, 0.15) is 25.0 Å². The van der Waals surface area contributed by atoms with Crippen LogP contribution in [0.15, 0.2) is 182 Å². The van der Waals surface area contributed by atoms with E-state index in [4.69, 9.17) is 9.97 Å². The molecule has 0 bridgehead atoms. The Morgan fingerprint density at radius 1 is 0.345 bits per heavy atom. The van der Waals surface area contributed by atoms with Gasteiger partial charge in [0.2, 0.25) is 0 Å². The standard InChI is InChI=1S/C53H36N2/c1-53(2)47-21-11-20-43(51(47)46-30-35-15-6-7-16-36(35)31-48(46)53)37-17-10-18-39(28-37)49-32-50(55-52(54-49)34-13-4-3-5-14-34)40-24-25-42-38(29-40)23-27-44-41-19-9-8-12-33(41)22-26-45(42)44/h3-32H,1-2H3. The lowest BCUT2D eigenvalue weighted by Crippen LogP contribution is -2.14. The SMILES string of the molecule is CC1(C)c2cc3ccccc3cc2-c2c(-c3cccc(-c4cc(-c5ccc6c(ccc7c8ccccc8ccc67)c5)nc(-c5ccccc5)n4)c3)cccc21. The van der Waals surface area contributed by atoms with Gasteiger partial charge in [0.1, 0.15) is 0 Å². The first-order valence-electron chi connectivity index (χ1n) is 19.1. The van der Waals surface area contributed by atoms with Crippen LogP contribution in [-0.4, -0.2) is 9.97 Å². The molecule has 0 radical (unpaired) electrons. The zero-order valence-corrected chi connectivity index (χ0v) is 30.7. The van der Waals surface area contributed by atoms with Crippen LogP contribution in [-0.2, 0) is 5.41 Å². The fourth-order valence-corrected chi connectivity index (χ4v) is 9.01. The maximum Gasteiger partial charge on any atom is 0.160 e. The van der Waals surface area contributed by atoms with Crippen molar-refractivity contribution in [3.05, 3.63) is 193 Å². The predicted molar refractivity (Wildman–Crippen MR) is 231 cm³/mol. The second kappa shape index (κ2) is 12.1. The molecule has 1 aliphatic carbocycles. The van der Waals surface area contributed by atoms with Crippen molar-refractivity contribution in [2.45, 2.75) is 19.3 Å². The lowest BCUT2D eigenvalue weighted by molar-refractivity contribution is 0.661. The molecule has 0 spiro atoms. The van der Waals surface area contributed by atoms with E-state index < -0.39 is 0 Å². The molecule has 1 aromatic heterocycles. The van der Waals surface area contributed by atoms with Gasteiger partial charge in [0.05, 0.1) is 11.4 Å². The summed E-state index contributed by atoms with van der Waals surface area (Å²) in [6.45, 7) is 4.72. The lowest BCUT2D eigenvalue weighted by Gasteiger charge is -2.22. The molecule has 0 saturated carbocycles. The highest BCUT2D eigenvalue weighted by Gasteiger charge is 2.37. The molecule has 2 nitrogen and oxygen atoms in total. The van der Waals surface area contributed by atoms with Crippen LogP contribution < -0.4 is 0 Å². The summed E-state index contributed by atoms with van der Waals surface area (Å²) in [6.07, 6.45) is 0. The molecule has 11 rings (SSSR count). The van der Waals surface area contributed by atoms with Gasteiger partial charge in [0.15, 0.2) is 5.82 Å². The zero-order chi connectivity index (χ0) is 36.7. The Balaban J connectivity index is 1.06. The Labute approximate surface area is 320 Å². The number of rotatable bonds is 4. The monoisotopic (exact) mass is 700 g/mol. The Hall–Kier alpha value is -6.90. The fraction of sp³-hybridized carbons (Fsp3) is 0.0566. The Kier molecular flexibility index (Phi) is 6.93. The number of hydrogen-bond donors (Lipinski definition) is 0. The van der Waals surface area contributed by atoms with Crippen LogP contribution in [0.3, 0.4) is 0 Å². The van der Waals surface area contributed by atoms with Crippen LogP contribution in [0.5, 0.6) is 0 Å². The number of benzene rings is 9. The number of hydrogen-bond acceptors (Lipinski definition) is 2. The molecule has 2 heteroatoms. The van der Waals surface area contributed by atoms with Crippen molar-refractivity contribution in [3.8, 4) is 56.2 Å². The van der Waals surface area contributed by atoms with E-state index in [0.717, 1.165) is 28.1 Å². The summed E-state index contributed by atoms with van der Waals surface area (Å²) >= 11 is 0. The maximum absolute atomic E-state index is 5.22. The second-order valence-electron chi connectivity index (χ2n) is 15.4. The summed E-state index contributed by atoms with van der Waals surface area (Å²) < 4.78 is 0. The highest BCUT2D eigenvalue weighted by atomic mass is 14.9. The van der Waals surface area contributed by atoms with Crippen molar-refractivity contribution in [3.63, 3.8) is 0 Å². The largest absolute Gasteiger partial charge is 0.228 e. The molecule has 0 fully saturated rings. The van der Waals surface area contributed by atoms with Gasteiger partial charge in [0, 0.05) is 22.1 Å². The topological polar surface area (TPSA) is 25.8 Å². The molecular formula is C53H36N2. The first-order chi connectivity index (χ1) is 27.0. The number of nitrogens with zero attached hydrogens (tertiary/aromatic N) is 2. The van der Waals surface area contributed by atoms with Gasteiger partial charge in [-0.25, -0.2) is 9.97 Å². The van der Waals surface area contributed by atoms with E-state index in [-0.39, 0.29) is 5.41 Å². The van der Waals surface area contributed by atoms with Gasteiger partial charge in [-0.15, -0.1) is 0 Å². The minimum atomic E-state index is -0.103. The first-order valence-corrected chi connectivity index (χ1v) is 19.1. The molecule has 1 heterocycles. The third-order valence-corrected chi connectivity index (χ3v) is 11.8. The van der Waals surface area contributed by atoms with E-state index in [1.54, 1.807) is 0 Å². The smallest absolute Gasteiger partial charge is 0.160 e. The van der Waals surface area contributed by atoms with Crippen molar-refractivity contribution in [1.82, 2.24) is 9.97 Å². The maximum atomic E-state index is 5.22. The van der Waals surface area contributed by atoms with Crippen LogP contribution in [0, 0.1) is 0 Å². The summed E-state index contributed by atoms with van der Waals surface area (Å²) in [5.41, 5.74) is 12.6. The molecule has 0 aliphatic heterocycles. The molecule has 10 aromatic rings. The molecule has 0 amide bonds. The predicted octanol–water partition coefficient (Wildman–Crippen LogP) is 14.1. The van der Waals surface area contributed by atoms with E-state index in [1.807, 2.05) is 6.07 Å². The summed E-state index contributed by atoms with van der Waals surface area (Å²) in [7, 11) is 0. The molecule has 0 unspecified atom stereocenters. The molecular weight excluding hydrogens is 665 g/mol. The molecule has 9 aromatic carbocycles. The molecule has 1 aliphatic rings. The minimum absolute atomic E-state index is 0.103. The van der Waals surface area contributed by atoms with Gasteiger partial charge >= 0.3 is 0 Å². The van der Waals surface area contributed by atoms with Crippen molar-refractivity contribution in [2.75, 3.05) is 0 Å². The van der Waals surface area contributed by atoms with Gasteiger partial charge in [-0.1, -0.05) is 166 Å². The minimum Gasteiger partial charge on any atom is -0.228 e.